The zero-order valence-corrected chi connectivity index (χ0v) is 14.2. The van der Waals surface area contributed by atoms with E-state index in [0.717, 1.165) is 10.0 Å². The van der Waals surface area contributed by atoms with Crippen LogP contribution in [0.15, 0.2) is 45.0 Å². The third-order valence-corrected chi connectivity index (χ3v) is 2.50. The number of halogens is 2. The Balaban J connectivity index is 0.00000361. The van der Waals surface area contributed by atoms with Crippen LogP contribution >= 0.6 is 28.3 Å². The first-order valence-electron chi connectivity index (χ1n) is 5.86. The summed E-state index contributed by atoms with van der Waals surface area (Å²) in [6.07, 6.45) is 3.42. The number of allylic oxidation sites excluding steroid dienone is 1. The van der Waals surface area contributed by atoms with Crippen LogP contribution in [0.2, 0.25) is 0 Å². The van der Waals surface area contributed by atoms with Gasteiger partial charge in [0.15, 0.2) is 0 Å². The average Bonchev–Trinajstić information content (AvgIpc) is 2.27. The van der Waals surface area contributed by atoms with Crippen LogP contribution < -0.4 is 5.11 Å². The molecule has 0 aliphatic carbocycles. The number of quaternary nitrogens is 1. The summed E-state index contributed by atoms with van der Waals surface area (Å²) in [6, 6.07) is 9.83. The molecule has 0 aliphatic rings. The van der Waals surface area contributed by atoms with E-state index >= 15 is 0 Å². The predicted octanol–water partition coefficient (Wildman–Crippen LogP) is 2.30. The van der Waals surface area contributed by atoms with Crippen molar-refractivity contribution in [3.63, 3.8) is 0 Å². The number of rotatable bonds is 5. The van der Waals surface area contributed by atoms with Crippen LogP contribution in [0.1, 0.15) is 5.56 Å². The maximum absolute atomic E-state index is 11.5. The Hall–Kier alpha value is -1.17. The van der Waals surface area contributed by atoms with E-state index in [1.54, 1.807) is 0 Å². The molecule has 0 radical (unpaired) electrons. The molecule has 0 spiro atoms. The third-order valence-electron chi connectivity index (χ3n) is 2.06. The van der Waals surface area contributed by atoms with Crippen molar-refractivity contribution < 1.29 is 9.59 Å². The third kappa shape index (κ3) is 8.85. The van der Waals surface area contributed by atoms with Crippen molar-refractivity contribution in [2.24, 2.45) is 10.2 Å². The number of nitrogens with zero attached hydrogens (tertiary/aromatic N) is 3. The summed E-state index contributed by atoms with van der Waals surface area (Å²) in [6.45, 7) is 0.331. The van der Waals surface area contributed by atoms with Crippen molar-refractivity contribution in [1.82, 2.24) is 0 Å². The zero-order chi connectivity index (χ0) is 14.3. The van der Waals surface area contributed by atoms with Gasteiger partial charge in [-0.15, -0.1) is 12.4 Å². The maximum Gasteiger partial charge on any atom is 0.109 e. The van der Waals surface area contributed by atoms with E-state index in [9.17, 15) is 5.11 Å². The Bertz CT molecular complexity index is 493. The average molecular weight is 361 g/mol. The molecule has 0 unspecified atom stereocenters. The van der Waals surface area contributed by atoms with Gasteiger partial charge in [0.05, 0.1) is 27.4 Å². The summed E-state index contributed by atoms with van der Waals surface area (Å²) in [5, 5.41) is 18.9. The summed E-state index contributed by atoms with van der Waals surface area (Å²) in [4.78, 5) is 0. The quantitative estimate of drug-likeness (QED) is 0.344. The van der Waals surface area contributed by atoms with Crippen molar-refractivity contribution >= 4 is 46.5 Å². The van der Waals surface area contributed by atoms with Crippen LogP contribution in [-0.4, -0.2) is 44.3 Å². The lowest BCUT2D eigenvalue weighted by atomic mass is 10.2. The molecule has 0 saturated heterocycles. The minimum atomic E-state index is -0.233. The molecule has 0 fully saturated rings. The molecule has 6 heteroatoms. The van der Waals surface area contributed by atoms with Crippen LogP contribution in [0.4, 0.5) is 0 Å². The largest absolute Gasteiger partial charge is 0.857 e. The lowest BCUT2D eigenvalue weighted by Crippen LogP contribution is -2.43. The molecule has 0 heterocycles. The molecule has 0 amide bonds. The zero-order valence-electron chi connectivity index (χ0n) is 11.8. The van der Waals surface area contributed by atoms with Crippen molar-refractivity contribution in [3.8, 4) is 0 Å². The molecule has 0 atom stereocenters. The monoisotopic (exact) mass is 359 g/mol. The number of hydrogen-bond donors (Lipinski definition) is 0. The first kappa shape index (κ1) is 18.8. The summed E-state index contributed by atoms with van der Waals surface area (Å²) >= 11 is 3.36. The van der Waals surface area contributed by atoms with Gasteiger partial charge in [-0.25, -0.2) is 0 Å². The SMILES string of the molecule is C[N+](C)(C)CC([O-])=N/N=C/C(Br)=C/c1ccccc1.Cl. The number of likely N-dealkylation sites (N-methyl/N-ethyl adjacent to an activating group) is 1. The molecule has 0 saturated carbocycles. The van der Waals surface area contributed by atoms with Gasteiger partial charge in [-0.3, -0.25) is 0 Å². The standard InChI is InChI=1S/C14H18BrN3O.ClH/c1-18(2,3)11-14(19)17-16-10-13(15)9-12-7-5-4-6-8-12;/h4-10H,11H2,1-3H3;1H/b13-9-,16-10+;. The summed E-state index contributed by atoms with van der Waals surface area (Å²) in [7, 11) is 5.80. The molecule has 4 nitrogen and oxygen atoms in total. The summed E-state index contributed by atoms with van der Waals surface area (Å²) < 4.78 is 1.30. The summed E-state index contributed by atoms with van der Waals surface area (Å²) in [5.74, 6) is -0.233. The Morgan fingerprint density at radius 1 is 1.25 bits per heavy atom. The van der Waals surface area contributed by atoms with Crippen molar-refractivity contribution in [2.75, 3.05) is 27.7 Å². The van der Waals surface area contributed by atoms with Crippen LogP contribution in [0.5, 0.6) is 0 Å². The highest BCUT2D eigenvalue weighted by Crippen LogP contribution is 2.09. The van der Waals surface area contributed by atoms with Gasteiger partial charge in [0.25, 0.3) is 0 Å². The molecule has 0 aromatic heterocycles. The van der Waals surface area contributed by atoms with E-state index in [0.29, 0.717) is 11.0 Å². The first-order valence-corrected chi connectivity index (χ1v) is 6.66. The second kappa shape index (κ2) is 8.89. The minimum absolute atomic E-state index is 0. The van der Waals surface area contributed by atoms with E-state index in [1.165, 1.54) is 6.21 Å². The lowest BCUT2D eigenvalue weighted by Gasteiger charge is -2.25. The minimum Gasteiger partial charge on any atom is -0.857 e. The highest BCUT2D eigenvalue weighted by Gasteiger charge is 2.04. The topological polar surface area (TPSA) is 47.8 Å². The molecule has 20 heavy (non-hydrogen) atoms. The van der Waals surface area contributed by atoms with Crippen molar-refractivity contribution in [3.05, 3.63) is 40.4 Å². The van der Waals surface area contributed by atoms with Gasteiger partial charge in [0, 0.05) is 10.4 Å². The van der Waals surface area contributed by atoms with Crippen LogP contribution in [0.3, 0.4) is 0 Å². The van der Waals surface area contributed by atoms with Crippen LogP contribution in [0, 0.1) is 0 Å². The van der Waals surface area contributed by atoms with Crippen LogP contribution in [0.25, 0.3) is 6.08 Å². The number of hydrogen-bond acceptors (Lipinski definition) is 3. The highest BCUT2D eigenvalue weighted by atomic mass is 79.9. The van der Waals surface area contributed by atoms with Gasteiger partial charge < -0.3 is 9.59 Å². The highest BCUT2D eigenvalue weighted by molar-refractivity contribution is 9.12. The molecule has 110 valence electrons. The smallest absolute Gasteiger partial charge is 0.109 e. The van der Waals surface area contributed by atoms with Crippen LogP contribution in [-0.2, 0) is 0 Å². The second-order valence-electron chi connectivity index (χ2n) is 5.13. The second-order valence-corrected chi connectivity index (χ2v) is 6.04. The molecule has 1 aromatic rings. The number of benzene rings is 1. The van der Waals surface area contributed by atoms with Gasteiger partial charge in [-0.1, -0.05) is 30.3 Å². The van der Waals surface area contributed by atoms with E-state index in [1.807, 2.05) is 57.6 Å². The molecule has 0 aliphatic heterocycles. The van der Waals surface area contributed by atoms with E-state index in [4.69, 9.17) is 0 Å². The van der Waals surface area contributed by atoms with E-state index in [-0.39, 0.29) is 18.3 Å². The lowest BCUT2D eigenvalue weighted by molar-refractivity contribution is -0.863. The first-order chi connectivity index (χ1) is 8.87. The van der Waals surface area contributed by atoms with Gasteiger partial charge in [0.1, 0.15) is 6.54 Å². The van der Waals surface area contributed by atoms with Crippen molar-refractivity contribution in [1.29, 1.82) is 0 Å². The fraction of sp³-hybridized carbons (Fsp3) is 0.286. The molecule has 1 rings (SSSR count). The summed E-state index contributed by atoms with van der Waals surface area (Å²) in [5.41, 5.74) is 1.05. The molecule has 1 aromatic carbocycles. The predicted molar refractivity (Wildman–Crippen MR) is 89.4 cm³/mol. The maximum atomic E-state index is 11.5. The molecule has 0 bridgehead atoms. The van der Waals surface area contributed by atoms with E-state index < -0.39 is 0 Å². The molecule has 0 N–H and O–H groups in total. The fourth-order valence-corrected chi connectivity index (χ4v) is 1.69. The Kier molecular flexibility index (Phi) is 8.37. The van der Waals surface area contributed by atoms with E-state index in [2.05, 4.69) is 26.1 Å². The Labute approximate surface area is 134 Å². The van der Waals surface area contributed by atoms with Gasteiger partial charge in [0.2, 0.25) is 0 Å². The fourth-order valence-electron chi connectivity index (χ4n) is 1.33. The van der Waals surface area contributed by atoms with Gasteiger partial charge >= 0.3 is 0 Å². The Morgan fingerprint density at radius 3 is 2.40 bits per heavy atom. The molecular weight excluding hydrogens is 342 g/mol. The van der Waals surface area contributed by atoms with Gasteiger partial charge in [-0.2, -0.15) is 10.2 Å². The molecular formula is C14H19BrClN3O. The van der Waals surface area contributed by atoms with Gasteiger partial charge in [-0.05, 0) is 27.6 Å². The normalized spacial score (nSPS) is 13.4. The Morgan fingerprint density at radius 2 is 1.85 bits per heavy atom. The van der Waals surface area contributed by atoms with Crippen molar-refractivity contribution in [2.45, 2.75) is 0 Å².